The van der Waals surface area contributed by atoms with E-state index in [0.29, 0.717) is 6.07 Å². The van der Waals surface area contributed by atoms with Crippen molar-refractivity contribution >= 4 is 21.6 Å². The summed E-state index contributed by atoms with van der Waals surface area (Å²) in [6.07, 6.45) is 0. The van der Waals surface area contributed by atoms with E-state index >= 15 is 0 Å². The molecule has 0 saturated heterocycles. The minimum absolute atomic E-state index is 0.0430. The SMILES string of the molecule is Fc1ccc(NCc2c(F)ccc(Br)c2F)c(F)c1F. The maximum absolute atomic E-state index is 13.7. The van der Waals surface area contributed by atoms with Crippen molar-refractivity contribution in [1.29, 1.82) is 0 Å². The average molecular weight is 352 g/mol. The topological polar surface area (TPSA) is 12.0 Å². The van der Waals surface area contributed by atoms with Gasteiger partial charge in [0.15, 0.2) is 17.5 Å². The first kappa shape index (κ1) is 14.8. The number of hydrogen-bond acceptors (Lipinski definition) is 1. The summed E-state index contributed by atoms with van der Waals surface area (Å²) >= 11 is 2.89. The quantitative estimate of drug-likeness (QED) is 0.477. The normalized spacial score (nSPS) is 10.7. The molecule has 0 atom stereocenters. The van der Waals surface area contributed by atoms with E-state index in [1.165, 1.54) is 6.07 Å². The van der Waals surface area contributed by atoms with Crippen LogP contribution in [0.4, 0.5) is 27.6 Å². The van der Waals surface area contributed by atoms with Gasteiger partial charge in [0.2, 0.25) is 0 Å². The molecule has 1 nitrogen and oxygen atoms in total. The zero-order chi connectivity index (χ0) is 14.9. The lowest BCUT2D eigenvalue weighted by Gasteiger charge is -2.10. The van der Waals surface area contributed by atoms with Crippen LogP contribution in [0.5, 0.6) is 0 Å². The Labute approximate surface area is 119 Å². The Bertz CT molecular complexity index is 660. The van der Waals surface area contributed by atoms with Crippen LogP contribution in [0.15, 0.2) is 28.7 Å². The smallest absolute Gasteiger partial charge is 0.196 e. The molecule has 0 saturated carbocycles. The molecule has 0 aromatic heterocycles. The molecule has 0 fully saturated rings. The van der Waals surface area contributed by atoms with E-state index in [4.69, 9.17) is 0 Å². The average Bonchev–Trinajstić information content (AvgIpc) is 2.42. The minimum Gasteiger partial charge on any atom is -0.378 e. The number of anilines is 1. The van der Waals surface area contributed by atoms with Crippen LogP contribution in [-0.2, 0) is 6.54 Å². The van der Waals surface area contributed by atoms with Crippen molar-refractivity contribution in [2.45, 2.75) is 6.54 Å². The predicted octanol–water partition coefficient (Wildman–Crippen LogP) is 4.76. The van der Waals surface area contributed by atoms with Crippen molar-refractivity contribution in [3.8, 4) is 0 Å². The Morgan fingerprint density at radius 2 is 1.45 bits per heavy atom. The highest BCUT2D eigenvalue weighted by atomic mass is 79.9. The van der Waals surface area contributed by atoms with Crippen LogP contribution in [0.1, 0.15) is 5.56 Å². The molecule has 0 aliphatic rings. The lowest BCUT2D eigenvalue weighted by atomic mass is 10.2. The first-order chi connectivity index (χ1) is 9.41. The summed E-state index contributed by atoms with van der Waals surface area (Å²) in [5.41, 5.74) is -0.730. The van der Waals surface area contributed by atoms with E-state index in [2.05, 4.69) is 21.2 Å². The van der Waals surface area contributed by atoms with Crippen molar-refractivity contribution in [2.75, 3.05) is 5.32 Å². The Hall–Kier alpha value is -1.63. The molecule has 0 amide bonds. The van der Waals surface area contributed by atoms with Crippen LogP contribution in [-0.4, -0.2) is 0 Å². The maximum atomic E-state index is 13.7. The van der Waals surface area contributed by atoms with Crippen molar-refractivity contribution in [1.82, 2.24) is 0 Å². The standard InChI is InChI=1S/C13H7BrF5N/c14-7-1-2-8(15)6(11(7)17)5-20-10-4-3-9(16)12(18)13(10)19/h1-4,20H,5H2. The third-order valence-corrected chi connectivity index (χ3v) is 3.24. The van der Waals surface area contributed by atoms with Gasteiger partial charge in [-0.15, -0.1) is 0 Å². The molecule has 2 aromatic rings. The lowest BCUT2D eigenvalue weighted by molar-refractivity contribution is 0.448. The van der Waals surface area contributed by atoms with Crippen LogP contribution in [0.2, 0.25) is 0 Å². The van der Waals surface area contributed by atoms with Gasteiger partial charge in [-0.25, -0.2) is 22.0 Å². The van der Waals surface area contributed by atoms with Crippen LogP contribution in [0, 0.1) is 29.1 Å². The number of halogens is 6. The Balaban J connectivity index is 2.26. The summed E-state index contributed by atoms with van der Waals surface area (Å²) in [4.78, 5) is 0. The third kappa shape index (κ3) is 2.77. The molecule has 0 unspecified atom stereocenters. The van der Waals surface area contributed by atoms with Crippen LogP contribution >= 0.6 is 15.9 Å². The summed E-state index contributed by atoms with van der Waals surface area (Å²) in [6.45, 7) is -0.418. The van der Waals surface area contributed by atoms with Crippen LogP contribution in [0.25, 0.3) is 0 Å². The van der Waals surface area contributed by atoms with Gasteiger partial charge in [-0.05, 0) is 40.2 Å². The summed E-state index contributed by atoms with van der Waals surface area (Å²) in [5.74, 6) is -6.11. The van der Waals surface area contributed by atoms with Gasteiger partial charge < -0.3 is 5.32 Å². The number of nitrogens with one attached hydrogen (secondary N) is 1. The van der Waals surface area contributed by atoms with Crippen molar-refractivity contribution < 1.29 is 22.0 Å². The highest BCUT2D eigenvalue weighted by molar-refractivity contribution is 9.10. The van der Waals surface area contributed by atoms with Gasteiger partial charge in [0.1, 0.15) is 11.6 Å². The second kappa shape index (κ2) is 5.78. The van der Waals surface area contributed by atoms with Gasteiger partial charge in [-0.1, -0.05) is 0 Å². The monoisotopic (exact) mass is 351 g/mol. The van der Waals surface area contributed by atoms with E-state index < -0.39 is 35.6 Å². The second-order valence-electron chi connectivity index (χ2n) is 3.90. The summed E-state index contributed by atoms with van der Waals surface area (Å²) in [5, 5.41) is 2.32. The third-order valence-electron chi connectivity index (χ3n) is 2.63. The molecule has 1 N–H and O–H groups in total. The molecule has 20 heavy (non-hydrogen) atoms. The Morgan fingerprint density at radius 1 is 0.800 bits per heavy atom. The number of rotatable bonds is 3. The predicted molar refractivity (Wildman–Crippen MR) is 67.7 cm³/mol. The van der Waals surface area contributed by atoms with Gasteiger partial charge in [0.25, 0.3) is 0 Å². The zero-order valence-corrected chi connectivity index (χ0v) is 11.4. The minimum atomic E-state index is -1.65. The molecule has 0 spiro atoms. The fourth-order valence-corrected chi connectivity index (χ4v) is 1.95. The molecular formula is C13H7BrF5N. The van der Waals surface area contributed by atoms with Crippen molar-refractivity contribution in [3.05, 3.63) is 63.4 Å². The summed E-state index contributed by atoms with van der Waals surface area (Å²) in [7, 11) is 0. The van der Waals surface area contributed by atoms with E-state index in [1.54, 1.807) is 0 Å². The van der Waals surface area contributed by atoms with E-state index in [9.17, 15) is 22.0 Å². The largest absolute Gasteiger partial charge is 0.378 e. The highest BCUT2D eigenvalue weighted by Crippen LogP contribution is 2.24. The molecule has 7 heteroatoms. The van der Waals surface area contributed by atoms with E-state index in [0.717, 1.165) is 12.1 Å². The van der Waals surface area contributed by atoms with E-state index in [1.807, 2.05) is 0 Å². The zero-order valence-electron chi connectivity index (χ0n) is 9.78. The molecule has 2 rings (SSSR count). The number of benzene rings is 2. The molecule has 0 bridgehead atoms. The fraction of sp³-hybridized carbons (Fsp3) is 0.0769. The van der Waals surface area contributed by atoms with Gasteiger partial charge in [-0.2, -0.15) is 0 Å². The molecule has 2 aromatic carbocycles. The lowest BCUT2D eigenvalue weighted by Crippen LogP contribution is -2.07. The second-order valence-corrected chi connectivity index (χ2v) is 4.75. The molecular weight excluding hydrogens is 345 g/mol. The first-order valence-electron chi connectivity index (χ1n) is 5.41. The Morgan fingerprint density at radius 3 is 2.15 bits per heavy atom. The van der Waals surface area contributed by atoms with Crippen molar-refractivity contribution in [3.63, 3.8) is 0 Å². The van der Waals surface area contributed by atoms with Gasteiger partial charge in [-0.3, -0.25) is 0 Å². The van der Waals surface area contributed by atoms with Crippen molar-refractivity contribution in [2.24, 2.45) is 0 Å². The van der Waals surface area contributed by atoms with Gasteiger partial charge in [0, 0.05) is 12.1 Å². The molecule has 0 aliphatic carbocycles. The molecule has 0 heterocycles. The van der Waals surface area contributed by atoms with Crippen LogP contribution < -0.4 is 5.32 Å². The summed E-state index contributed by atoms with van der Waals surface area (Å²) in [6, 6.07) is 3.88. The van der Waals surface area contributed by atoms with Crippen LogP contribution in [0.3, 0.4) is 0 Å². The van der Waals surface area contributed by atoms with Gasteiger partial charge in [0.05, 0.1) is 10.2 Å². The molecule has 0 radical (unpaired) electrons. The Kier molecular flexibility index (Phi) is 4.27. The number of hydrogen-bond donors (Lipinski definition) is 1. The summed E-state index contributed by atoms with van der Waals surface area (Å²) < 4.78 is 66.2. The first-order valence-corrected chi connectivity index (χ1v) is 6.21. The fourth-order valence-electron chi connectivity index (χ4n) is 1.58. The molecule has 0 aliphatic heterocycles. The van der Waals surface area contributed by atoms with Gasteiger partial charge >= 0.3 is 0 Å². The van der Waals surface area contributed by atoms with E-state index in [-0.39, 0.29) is 15.7 Å². The molecule has 106 valence electrons. The maximum Gasteiger partial charge on any atom is 0.196 e. The highest BCUT2D eigenvalue weighted by Gasteiger charge is 2.16.